The molecule has 0 saturated carbocycles. The van der Waals surface area contributed by atoms with E-state index in [1.165, 1.54) is 5.56 Å². The van der Waals surface area contributed by atoms with Gasteiger partial charge in [-0.1, -0.05) is 45.0 Å². The predicted octanol–water partition coefficient (Wildman–Crippen LogP) is 5.32. The van der Waals surface area contributed by atoms with Crippen molar-refractivity contribution in [2.24, 2.45) is 5.73 Å². The molecule has 0 spiro atoms. The molecule has 0 heterocycles. The van der Waals surface area contributed by atoms with E-state index >= 15 is 0 Å². The zero-order valence-corrected chi connectivity index (χ0v) is 13.4. The molecule has 1 atom stereocenters. The molecule has 0 aliphatic rings. The number of rotatable bonds is 5. The first-order chi connectivity index (χ1) is 10.0. The fraction of sp³-hybridized carbons (Fsp3) is 0.368. The van der Waals surface area contributed by atoms with Gasteiger partial charge in [-0.05, 0) is 54.2 Å². The Bertz CT molecular complexity index is 587. The molecule has 0 bridgehead atoms. The minimum absolute atomic E-state index is 0.102. The zero-order valence-electron chi connectivity index (χ0n) is 13.4. The van der Waals surface area contributed by atoms with Crippen LogP contribution in [0.4, 0.5) is 0 Å². The van der Waals surface area contributed by atoms with Gasteiger partial charge in [-0.25, -0.2) is 0 Å². The van der Waals surface area contributed by atoms with Crippen LogP contribution < -0.4 is 10.5 Å². The van der Waals surface area contributed by atoms with Gasteiger partial charge in [0.1, 0.15) is 11.5 Å². The highest BCUT2D eigenvalue weighted by Crippen LogP contribution is 2.29. The lowest BCUT2D eigenvalue weighted by atomic mass is 10.0. The van der Waals surface area contributed by atoms with Gasteiger partial charge in [-0.3, -0.25) is 0 Å². The van der Waals surface area contributed by atoms with Crippen molar-refractivity contribution in [1.82, 2.24) is 0 Å². The molecule has 0 aromatic heterocycles. The lowest BCUT2D eigenvalue weighted by Gasteiger charge is -2.14. The molecule has 2 aromatic rings. The molecule has 2 nitrogen and oxygen atoms in total. The van der Waals surface area contributed by atoms with Crippen LogP contribution in [0.15, 0.2) is 42.5 Å². The van der Waals surface area contributed by atoms with Crippen LogP contribution in [-0.2, 0) is 0 Å². The highest BCUT2D eigenvalue weighted by atomic mass is 16.5. The summed E-state index contributed by atoms with van der Waals surface area (Å²) < 4.78 is 6.03. The predicted molar refractivity (Wildman–Crippen MR) is 89.0 cm³/mol. The third-order valence-corrected chi connectivity index (χ3v) is 3.85. The molecule has 0 aliphatic heterocycles. The summed E-state index contributed by atoms with van der Waals surface area (Å²) >= 11 is 0. The average molecular weight is 283 g/mol. The molecule has 0 amide bonds. The van der Waals surface area contributed by atoms with Crippen molar-refractivity contribution in [1.29, 1.82) is 0 Å². The topological polar surface area (TPSA) is 35.2 Å². The Balaban J connectivity index is 2.20. The molecule has 0 fully saturated rings. The van der Waals surface area contributed by atoms with Gasteiger partial charge in [0.2, 0.25) is 0 Å². The minimum atomic E-state index is 0.102. The van der Waals surface area contributed by atoms with Crippen molar-refractivity contribution in [3.63, 3.8) is 0 Å². The van der Waals surface area contributed by atoms with Gasteiger partial charge in [-0.15, -0.1) is 0 Å². The lowest BCUT2D eigenvalue weighted by molar-refractivity contribution is 0.477. The van der Waals surface area contributed by atoms with Gasteiger partial charge in [0, 0.05) is 6.04 Å². The van der Waals surface area contributed by atoms with Crippen LogP contribution in [0.1, 0.15) is 55.8 Å². The molecule has 2 N–H and O–H groups in total. The third kappa shape index (κ3) is 3.85. The zero-order chi connectivity index (χ0) is 15.4. The van der Waals surface area contributed by atoms with Crippen molar-refractivity contribution in [2.45, 2.75) is 46.1 Å². The Hall–Kier alpha value is -1.80. The molecule has 2 aromatic carbocycles. The largest absolute Gasteiger partial charge is 0.457 e. The Morgan fingerprint density at radius 3 is 2.19 bits per heavy atom. The van der Waals surface area contributed by atoms with Crippen LogP contribution >= 0.6 is 0 Å². The maximum atomic E-state index is 6.03. The summed E-state index contributed by atoms with van der Waals surface area (Å²) in [5.41, 5.74) is 9.62. The average Bonchev–Trinajstić information content (AvgIpc) is 2.49. The van der Waals surface area contributed by atoms with Crippen molar-refractivity contribution in [3.05, 3.63) is 59.2 Å². The number of hydrogen-bond acceptors (Lipinski definition) is 2. The van der Waals surface area contributed by atoms with Gasteiger partial charge in [0.25, 0.3) is 0 Å². The second kappa shape index (κ2) is 6.77. The van der Waals surface area contributed by atoms with Crippen LogP contribution in [0.25, 0.3) is 0 Å². The number of aryl methyl sites for hydroxylation is 1. The van der Waals surface area contributed by atoms with Crippen LogP contribution in [0.5, 0.6) is 11.5 Å². The normalized spacial score (nSPS) is 12.5. The van der Waals surface area contributed by atoms with E-state index in [0.29, 0.717) is 5.92 Å². The maximum absolute atomic E-state index is 6.03. The van der Waals surface area contributed by atoms with E-state index < -0.39 is 0 Å². The molecular formula is C19H25NO. The molecular weight excluding hydrogens is 258 g/mol. The van der Waals surface area contributed by atoms with E-state index in [9.17, 15) is 0 Å². The number of nitrogens with two attached hydrogens (primary N) is 1. The summed E-state index contributed by atoms with van der Waals surface area (Å²) in [6.07, 6.45) is 0.940. The monoisotopic (exact) mass is 283 g/mol. The van der Waals surface area contributed by atoms with Gasteiger partial charge >= 0.3 is 0 Å². The van der Waals surface area contributed by atoms with E-state index in [1.54, 1.807) is 0 Å². The van der Waals surface area contributed by atoms with Crippen LogP contribution in [-0.4, -0.2) is 0 Å². The molecule has 2 rings (SSSR count). The molecule has 0 radical (unpaired) electrons. The molecule has 0 aliphatic carbocycles. The Labute approximate surface area is 127 Å². The fourth-order valence-corrected chi connectivity index (χ4v) is 2.23. The first kappa shape index (κ1) is 15.6. The number of hydrogen-bond donors (Lipinski definition) is 1. The van der Waals surface area contributed by atoms with Crippen molar-refractivity contribution in [3.8, 4) is 11.5 Å². The van der Waals surface area contributed by atoms with Gasteiger partial charge in [-0.2, -0.15) is 0 Å². The summed E-state index contributed by atoms with van der Waals surface area (Å²) in [6.45, 7) is 8.54. The SMILES string of the molecule is CCC(N)c1ccc(Oc2cc(C(C)C)ccc2C)cc1. The Morgan fingerprint density at radius 1 is 1.00 bits per heavy atom. The molecule has 21 heavy (non-hydrogen) atoms. The summed E-state index contributed by atoms with van der Waals surface area (Å²) in [6, 6.07) is 14.6. The quantitative estimate of drug-likeness (QED) is 0.806. The minimum Gasteiger partial charge on any atom is -0.457 e. The highest BCUT2D eigenvalue weighted by Gasteiger charge is 2.07. The van der Waals surface area contributed by atoms with Crippen molar-refractivity contribution in [2.75, 3.05) is 0 Å². The van der Waals surface area contributed by atoms with Gasteiger partial charge in [0.15, 0.2) is 0 Å². The van der Waals surface area contributed by atoms with E-state index in [4.69, 9.17) is 10.5 Å². The Morgan fingerprint density at radius 2 is 1.62 bits per heavy atom. The molecule has 1 unspecified atom stereocenters. The van der Waals surface area contributed by atoms with E-state index in [-0.39, 0.29) is 6.04 Å². The van der Waals surface area contributed by atoms with Gasteiger partial charge < -0.3 is 10.5 Å². The van der Waals surface area contributed by atoms with E-state index in [0.717, 1.165) is 29.0 Å². The molecule has 0 saturated heterocycles. The van der Waals surface area contributed by atoms with Crippen LogP contribution in [0.2, 0.25) is 0 Å². The first-order valence-electron chi connectivity index (χ1n) is 7.65. The van der Waals surface area contributed by atoms with Crippen LogP contribution in [0, 0.1) is 6.92 Å². The standard InChI is InChI=1S/C19H25NO/c1-5-18(20)15-8-10-17(11-9-15)21-19-12-16(13(2)3)7-6-14(19)4/h6-13,18H,5,20H2,1-4H3. The first-order valence-corrected chi connectivity index (χ1v) is 7.65. The summed E-state index contributed by atoms with van der Waals surface area (Å²) in [4.78, 5) is 0. The molecule has 112 valence electrons. The van der Waals surface area contributed by atoms with Crippen LogP contribution in [0.3, 0.4) is 0 Å². The summed E-state index contributed by atoms with van der Waals surface area (Å²) in [7, 11) is 0. The maximum Gasteiger partial charge on any atom is 0.130 e. The van der Waals surface area contributed by atoms with Crippen molar-refractivity contribution < 1.29 is 4.74 Å². The lowest BCUT2D eigenvalue weighted by Crippen LogP contribution is -2.08. The number of benzene rings is 2. The Kier molecular flexibility index (Phi) is 5.03. The fourth-order valence-electron chi connectivity index (χ4n) is 2.23. The third-order valence-electron chi connectivity index (χ3n) is 3.85. The summed E-state index contributed by atoms with van der Waals surface area (Å²) in [5.74, 6) is 2.28. The second-order valence-electron chi connectivity index (χ2n) is 5.87. The van der Waals surface area contributed by atoms with E-state index in [1.807, 2.05) is 24.3 Å². The molecule has 2 heteroatoms. The smallest absolute Gasteiger partial charge is 0.130 e. The van der Waals surface area contributed by atoms with Gasteiger partial charge in [0.05, 0.1) is 0 Å². The summed E-state index contributed by atoms with van der Waals surface area (Å²) in [5, 5.41) is 0. The van der Waals surface area contributed by atoms with E-state index in [2.05, 4.69) is 45.9 Å². The second-order valence-corrected chi connectivity index (χ2v) is 5.87. The van der Waals surface area contributed by atoms with Crippen molar-refractivity contribution >= 4 is 0 Å². The number of ether oxygens (including phenoxy) is 1. The highest BCUT2D eigenvalue weighted by molar-refractivity contribution is 5.41.